The van der Waals surface area contributed by atoms with Gasteiger partial charge in [-0.05, 0) is 52.7 Å². The lowest BCUT2D eigenvalue weighted by atomic mass is 10.1. The van der Waals surface area contributed by atoms with E-state index in [1.807, 2.05) is 18.4 Å². The molecule has 0 radical (unpaired) electrons. The maximum atomic E-state index is 13.6. The zero-order valence-corrected chi connectivity index (χ0v) is 20.3. The second kappa shape index (κ2) is 10.5. The van der Waals surface area contributed by atoms with Crippen molar-refractivity contribution in [3.05, 3.63) is 32.5 Å². The number of nitrogens with two attached hydrogens (primary N) is 1. The third kappa shape index (κ3) is 4.99. The molecule has 2 aromatic rings. The molecule has 9 nitrogen and oxygen atoms in total. The fourth-order valence-corrected chi connectivity index (χ4v) is 4.43. The molecule has 2 aromatic heterocycles. The Balaban J connectivity index is 2.10. The van der Waals surface area contributed by atoms with Crippen molar-refractivity contribution >= 4 is 17.1 Å². The van der Waals surface area contributed by atoms with Crippen molar-refractivity contribution in [3.8, 4) is 0 Å². The van der Waals surface area contributed by atoms with Crippen molar-refractivity contribution < 1.29 is 0 Å². The number of imidazole rings is 1. The maximum Gasteiger partial charge on any atom is 0.332 e. The van der Waals surface area contributed by atoms with Gasteiger partial charge in [0.05, 0.1) is 0 Å². The first kappa shape index (κ1) is 24.3. The second-order valence-corrected chi connectivity index (χ2v) is 9.00. The highest BCUT2D eigenvalue weighted by Crippen LogP contribution is 2.23. The van der Waals surface area contributed by atoms with Gasteiger partial charge >= 0.3 is 5.69 Å². The minimum absolute atomic E-state index is 0.0843. The first-order valence-corrected chi connectivity index (χ1v) is 11.8. The van der Waals surface area contributed by atoms with E-state index in [1.54, 1.807) is 7.05 Å². The standard InChI is InChI=1S/C23H39N7O2/c1-6-27(7-2)12-9-14-30-21(31)19-20(26(5)23(30)32)25-22(29(19)15-11-17(3)4)28-13-8-10-18(24)16-28/h11,18H,6-10,12-16,24H2,1-5H3. The van der Waals surface area contributed by atoms with Crippen molar-refractivity contribution in [1.29, 1.82) is 0 Å². The number of nitrogens with zero attached hydrogens (tertiary/aromatic N) is 6. The molecule has 0 aromatic carbocycles. The zero-order valence-electron chi connectivity index (χ0n) is 20.3. The van der Waals surface area contributed by atoms with Gasteiger partial charge in [-0.15, -0.1) is 0 Å². The number of hydrogen-bond donors (Lipinski definition) is 1. The summed E-state index contributed by atoms with van der Waals surface area (Å²) in [7, 11) is 1.70. The minimum atomic E-state index is -0.309. The molecule has 0 amide bonds. The third-order valence-electron chi connectivity index (χ3n) is 6.39. The van der Waals surface area contributed by atoms with Crippen molar-refractivity contribution in [2.75, 3.05) is 37.6 Å². The van der Waals surface area contributed by atoms with E-state index in [0.717, 1.165) is 57.0 Å². The molecule has 3 rings (SSSR count). The van der Waals surface area contributed by atoms with E-state index in [9.17, 15) is 9.59 Å². The molecule has 1 aliphatic rings. The summed E-state index contributed by atoms with van der Waals surface area (Å²) in [6.45, 7) is 13.6. The zero-order chi connectivity index (χ0) is 23.4. The number of hydrogen-bond acceptors (Lipinski definition) is 6. The fourth-order valence-electron chi connectivity index (χ4n) is 4.43. The van der Waals surface area contributed by atoms with Crippen LogP contribution in [0.2, 0.25) is 0 Å². The van der Waals surface area contributed by atoms with Crippen LogP contribution >= 0.6 is 0 Å². The lowest BCUT2D eigenvalue weighted by Crippen LogP contribution is -2.44. The van der Waals surface area contributed by atoms with Crippen molar-refractivity contribution in [2.45, 2.75) is 66.1 Å². The molecule has 1 unspecified atom stereocenters. The molecule has 1 atom stereocenters. The smallest absolute Gasteiger partial charge is 0.332 e. The van der Waals surface area contributed by atoms with Gasteiger partial charge in [-0.25, -0.2) is 4.79 Å². The molecule has 1 aliphatic heterocycles. The average molecular weight is 446 g/mol. The summed E-state index contributed by atoms with van der Waals surface area (Å²) < 4.78 is 4.85. The van der Waals surface area contributed by atoms with Crippen LogP contribution in [0.15, 0.2) is 21.2 Å². The van der Waals surface area contributed by atoms with Gasteiger partial charge in [0.15, 0.2) is 11.2 Å². The highest BCUT2D eigenvalue weighted by molar-refractivity contribution is 5.74. The van der Waals surface area contributed by atoms with E-state index in [2.05, 4.69) is 29.7 Å². The molecule has 3 heterocycles. The molecular formula is C23H39N7O2. The number of piperidine rings is 1. The van der Waals surface area contributed by atoms with Crippen molar-refractivity contribution in [3.63, 3.8) is 0 Å². The lowest BCUT2D eigenvalue weighted by Gasteiger charge is -2.31. The molecule has 0 aliphatic carbocycles. The molecule has 178 valence electrons. The molecule has 0 bridgehead atoms. The Labute approximate surface area is 190 Å². The minimum Gasteiger partial charge on any atom is -0.341 e. The van der Waals surface area contributed by atoms with Crippen LogP contribution in [0.1, 0.15) is 47.0 Å². The van der Waals surface area contributed by atoms with Crippen LogP contribution in [0.5, 0.6) is 0 Å². The quantitative estimate of drug-likeness (QED) is 0.588. The van der Waals surface area contributed by atoms with E-state index < -0.39 is 0 Å². The molecular weight excluding hydrogens is 406 g/mol. The number of aromatic nitrogens is 4. The fraction of sp³-hybridized carbons (Fsp3) is 0.696. The molecule has 1 fully saturated rings. The average Bonchev–Trinajstić information content (AvgIpc) is 3.15. The van der Waals surface area contributed by atoms with Crippen LogP contribution < -0.4 is 21.9 Å². The summed E-state index contributed by atoms with van der Waals surface area (Å²) in [4.78, 5) is 35.8. The van der Waals surface area contributed by atoms with Gasteiger partial charge in [0.2, 0.25) is 5.95 Å². The summed E-state index contributed by atoms with van der Waals surface area (Å²) >= 11 is 0. The Morgan fingerprint density at radius 1 is 1.22 bits per heavy atom. The monoisotopic (exact) mass is 445 g/mol. The summed E-state index contributed by atoms with van der Waals surface area (Å²) in [5, 5.41) is 0. The Morgan fingerprint density at radius 2 is 1.94 bits per heavy atom. The second-order valence-electron chi connectivity index (χ2n) is 9.00. The Kier molecular flexibility index (Phi) is 7.95. The predicted octanol–water partition coefficient (Wildman–Crippen LogP) is 1.52. The van der Waals surface area contributed by atoms with Gasteiger partial charge in [0.25, 0.3) is 5.56 Å². The highest BCUT2D eigenvalue weighted by Gasteiger charge is 2.26. The van der Waals surface area contributed by atoms with Gasteiger partial charge in [0, 0.05) is 39.3 Å². The van der Waals surface area contributed by atoms with Crippen molar-refractivity contribution in [1.82, 2.24) is 23.6 Å². The van der Waals surface area contributed by atoms with E-state index in [4.69, 9.17) is 10.7 Å². The Bertz CT molecular complexity index is 1070. The molecule has 32 heavy (non-hydrogen) atoms. The molecule has 1 saturated heterocycles. The molecule has 2 N–H and O–H groups in total. The summed E-state index contributed by atoms with van der Waals surface area (Å²) in [5.74, 6) is 0.723. The lowest BCUT2D eigenvalue weighted by molar-refractivity contribution is 0.291. The van der Waals surface area contributed by atoms with Gasteiger partial charge in [-0.2, -0.15) is 4.98 Å². The number of anilines is 1. The van der Waals surface area contributed by atoms with Gasteiger partial charge in [-0.1, -0.05) is 25.5 Å². The van der Waals surface area contributed by atoms with Crippen LogP contribution in [0.3, 0.4) is 0 Å². The van der Waals surface area contributed by atoms with Crippen LogP contribution in [0.4, 0.5) is 5.95 Å². The Morgan fingerprint density at radius 3 is 2.56 bits per heavy atom. The largest absolute Gasteiger partial charge is 0.341 e. The summed E-state index contributed by atoms with van der Waals surface area (Å²) in [5.41, 5.74) is 7.75. The number of rotatable bonds is 9. The predicted molar refractivity (Wildman–Crippen MR) is 130 cm³/mol. The first-order valence-electron chi connectivity index (χ1n) is 11.8. The van der Waals surface area contributed by atoms with E-state index in [0.29, 0.717) is 30.8 Å². The third-order valence-corrected chi connectivity index (χ3v) is 6.39. The summed E-state index contributed by atoms with van der Waals surface area (Å²) in [6.07, 6.45) is 4.81. The van der Waals surface area contributed by atoms with Gasteiger partial charge in [0.1, 0.15) is 0 Å². The summed E-state index contributed by atoms with van der Waals surface area (Å²) in [6, 6.07) is 0.0843. The molecule has 0 saturated carbocycles. The first-order chi connectivity index (χ1) is 15.3. The van der Waals surface area contributed by atoms with Crippen LogP contribution in [-0.4, -0.2) is 62.4 Å². The highest BCUT2D eigenvalue weighted by atomic mass is 16.2. The van der Waals surface area contributed by atoms with Crippen LogP contribution in [-0.2, 0) is 20.1 Å². The SMILES string of the molecule is CCN(CC)CCCn1c(=O)c2c(nc(N3CCCC(N)C3)n2CC=C(C)C)n(C)c1=O. The van der Waals surface area contributed by atoms with Gasteiger partial charge < -0.3 is 20.1 Å². The normalized spacial score (nSPS) is 16.8. The van der Waals surface area contributed by atoms with Crippen molar-refractivity contribution in [2.24, 2.45) is 12.8 Å². The molecule has 0 spiro atoms. The maximum absolute atomic E-state index is 13.6. The van der Waals surface area contributed by atoms with Gasteiger partial charge in [-0.3, -0.25) is 13.9 Å². The van der Waals surface area contributed by atoms with Crippen LogP contribution in [0, 0.1) is 0 Å². The number of aryl methyl sites for hydroxylation is 1. The Hall–Kier alpha value is -2.39. The number of fused-ring (bicyclic) bond motifs is 1. The molecule has 9 heteroatoms. The van der Waals surface area contributed by atoms with Crippen LogP contribution in [0.25, 0.3) is 11.2 Å². The number of allylic oxidation sites excluding steroid dienone is 2. The van der Waals surface area contributed by atoms with E-state index in [-0.39, 0.29) is 17.3 Å². The topological polar surface area (TPSA) is 94.3 Å². The van der Waals surface area contributed by atoms with E-state index in [1.165, 1.54) is 9.13 Å². The van der Waals surface area contributed by atoms with E-state index >= 15 is 0 Å².